The second-order valence-electron chi connectivity index (χ2n) is 15.0. The number of ether oxygens (including phenoxy) is 1. The molecule has 0 unspecified atom stereocenters. The zero-order valence-electron chi connectivity index (χ0n) is 29.7. The molecule has 5 aliphatic rings. The molecule has 6 heterocycles. The van der Waals surface area contributed by atoms with Crippen molar-refractivity contribution in [3.8, 4) is 22.9 Å². The molecule has 3 N–H and O–H groups in total. The summed E-state index contributed by atoms with van der Waals surface area (Å²) in [5, 5.41) is 21.8. The Balaban J connectivity index is 0.000000609. The van der Waals surface area contributed by atoms with Gasteiger partial charge in [0.25, 0.3) is 5.91 Å². The Bertz CT molecular complexity index is 2170. The van der Waals surface area contributed by atoms with Gasteiger partial charge < -0.3 is 25.2 Å². The summed E-state index contributed by atoms with van der Waals surface area (Å²) in [6.45, 7) is 3.93. The average Bonchev–Trinajstić information content (AvgIpc) is 3.65. The van der Waals surface area contributed by atoms with Gasteiger partial charge >= 0.3 is 18.2 Å². The largest absolute Gasteiger partial charge is 0.508 e. The highest BCUT2D eigenvalue weighted by atomic mass is 19.4. The number of nitrogens with zero attached hydrogens (tertiary/aromatic N) is 4. The van der Waals surface area contributed by atoms with Crippen molar-refractivity contribution in [1.29, 1.82) is 0 Å². The van der Waals surface area contributed by atoms with E-state index in [1.807, 2.05) is 11.8 Å². The van der Waals surface area contributed by atoms with Gasteiger partial charge in [0.1, 0.15) is 35.7 Å². The molecule has 6 bridgehead atoms. The van der Waals surface area contributed by atoms with Crippen LogP contribution in [0.5, 0.6) is 11.8 Å². The first kappa shape index (κ1) is 38.3. The minimum Gasteiger partial charge on any atom is -0.508 e. The fourth-order valence-electron chi connectivity index (χ4n) is 8.54. The van der Waals surface area contributed by atoms with Gasteiger partial charge in [-0.3, -0.25) is 9.69 Å². The number of fused-ring (bicyclic) bond motifs is 6. The molecule has 9 rings (SSSR count). The Labute approximate surface area is 310 Å². The van der Waals surface area contributed by atoms with Gasteiger partial charge in [0.2, 0.25) is 0 Å². The van der Waals surface area contributed by atoms with Gasteiger partial charge in [0.05, 0.1) is 11.1 Å². The topological polar surface area (TPSA) is 128 Å². The Morgan fingerprint density at radius 2 is 1.80 bits per heavy atom. The number of aromatic hydroxyl groups is 1. The van der Waals surface area contributed by atoms with E-state index >= 15 is 13.2 Å². The van der Waals surface area contributed by atoms with Crippen LogP contribution in [0.15, 0.2) is 36.4 Å². The predicted octanol–water partition coefficient (Wildman–Crippen LogP) is 6.78. The van der Waals surface area contributed by atoms with E-state index in [0.717, 1.165) is 19.4 Å². The van der Waals surface area contributed by atoms with Crippen LogP contribution in [-0.4, -0.2) is 99.3 Å². The second-order valence-corrected chi connectivity index (χ2v) is 15.0. The summed E-state index contributed by atoms with van der Waals surface area (Å²) < 4.78 is 100. The van der Waals surface area contributed by atoms with Gasteiger partial charge in [-0.1, -0.05) is 12.1 Å². The number of halogens is 7. The van der Waals surface area contributed by atoms with Crippen LogP contribution < -0.4 is 15.0 Å². The summed E-state index contributed by atoms with van der Waals surface area (Å²) in [5.41, 5.74) is -0.942. The molecule has 1 amide bonds. The van der Waals surface area contributed by atoms with E-state index in [2.05, 4.69) is 15.2 Å². The molecule has 17 heteroatoms. The first-order valence-electron chi connectivity index (χ1n) is 17.9. The number of carboxylic acids is 1. The SMILES string of the molecule is C[C@@]12CCCN(C1)c1nc(OC[C@@]34CCCN3C[C@H](F)C4)nc3c(F)c(ccc13)-c1cc(O)cc3ccc(F)c(c13)CC[C@H](F)C(=O)N2.O=C(O)C(F)(F)F. The molecule has 3 saturated heterocycles. The lowest BCUT2D eigenvalue weighted by Crippen LogP contribution is -2.58. The van der Waals surface area contributed by atoms with Crippen LogP contribution in [0.1, 0.15) is 51.0 Å². The Kier molecular flexibility index (Phi) is 9.97. The number of carboxylic acid groups (broad SMARTS) is 1. The van der Waals surface area contributed by atoms with Crippen LogP contribution in [0.4, 0.5) is 36.6 Å². The molecule has 4 atom stereocenters. The third kappa shape index (κ3) is 7.42. The second kappa shape index (κ2) is 14.3. The third-order valence-corrected chi connectivity index (χ3v) is 11.0. The highest BCUT2D eigenvalue weighted by molar-refractivity contribution is 6.03. The normalized spacial score (nSPS) is 25.5. The average molecular weight is 778 g/mol. The van der Waals surface area contributed by atoms with Gasteiger partial charge in [-0.25, -0.2) is 22.4 Å². The van der Waals surface area contributed by atoms with Gasteiger partial charge in [-0.05, 0) is 98.2 Å². The maximum Gasteiger partial charge on any atom is 0.490 e. The fourth-order valence-corrected chi connectivity index (χ4v) is 8.54. The lowest BCUT2D eigenvalue weighted by molar-refractivity contribution is -0.192. The summed E-state index contributed by atoms with van der Waals surface area (Å²) in [6, 6.07) is 8.71. The number of aryl methyl sites for hydroxylation is 1. The highest BCUT2D eigenvalue weighted by Gasteiger charge is 2.49. The van der Waals surface area contributed by atoms with Crippen LogP contribution in [0, 0.1) is 11.6 Å². The number of carbonyl (C=O) groups excluding carboxylic acids is 1. The van der Waals surface area contributed by atoms with Crippen LogP contribution in [0.3, 0.4) is 0 Å². The minimum absolute atomic E-state index is 0.0234. The van der Waals surface area contributed by atoms with Crippen molar-refractivity contribution >= 4 is 39.4 Å². The molecule has 3 fully saturated rings. The summed E-state index contributed by atoms with van der Waals surface area (Å²) in [5.74, 6) is -4.63. The van der Waals surface area contributed by atoms with Crippen LogP contribution >= 0.6 is 0 Å². The number of anilines is 1. The summed E-state index contributed by atoms with van der Waals surface area (Å²) in [7, 11) is 0. The molecule has 4 aromatic rings. The molecule has 1 aromatic heterocycles. The van der Waals surface area contributed by atoms with Crippen molar-refractivity contribution in [2.24, 2.45) is 0 Å². The summed E-state index contributed by atoms with van der Waals surface area (Å²) in [6.07, 6.45) is -5.08. The molecule has 0 saturated carbocycles. The number of nitrogens with one attached hydrogen (secondary N) is 1. The lowest BCUT2D eigenvalue weighted by Gasteiger charge is -2.42. The van der Waals surface area contributed by atoms with E-state index in [1.54, 1.807) is 12.1 Å². The molecule has 3 aromatic carbocycles. The van der Waals surface area contributed by atoms with Crippen LogP contribution in [-0.2, 0) is 16.0 Å². The van der Waals surface area contributed by atoms with E-state index < -0.39 is 53.1 Å². The standard InChI is InChI=1S/C36H37F4N5O3.C2HF3O2/c1-35-10-2-12-44(18-35)32-25-6-5-23(30(40)31(25)41-34(42-32)48-19-36-11-3-13-45(36)17-21(37)16-36)26-15-22(46)14-20-4-8-27(38)24(29(20)26)7-9-28(39)33(47)43-35;3-2(4,5)1(6)7/h4-6,8,14-15,21,28,46H,2-3,7,9-13,16-19H2,1H3,(H,43,47);(H,6,7)/t21-,28+,35-,36+;/m1./s1. The Morgan fingerprint density at radius 3 is 2.55 bits per heavy atom. The number of phenolic OH excluding ortho intramolecular Hbond substituents is 1. The maximum absolute atomic E-state index is 17.0. The number of amides is 1. The van der Waals surface area contributed by atoms with Crippen molar-refractivity contribution in [3.05, 3.63) is 53.6 Å². The maximum atomic E-state index is 17.0. The number of aliphatic carboxylic acids is 1. The third-order valence-electron chi connectivity index (χ3n) is 11.0. The molecular formula is C38H38F7N5O5. The van der Waals surface area contributed by atoms with Gasteiger partial charge in [0.15, 0.2) is 12.0 Å². The van der Waals surface area contributed by atoms with Crippen molar-refractivity contribution < 1.29 is 55.3 Å². The number of aromatic nitrogens is 2. The lowest BCUT2D eigenvalue weighted by atomic mass is 9.89. The number of phenols is 1. The van der Waals surface area contributed by atoms with Crippen molar-refractivity contribution in [2.45, 2.75) is 81.5 Å². The number of alkyl halides is 5. The molecular weight excluding hydrogens is 739 g/mol. The van der Waals surface area contributed by atoms with Gasteiger partial charge in [-0.2, -0.15) is 23.1 Å². The smallest absolute Gasteiger partial charge is 0.490 e. The van der Waals surface area contributed by atoms with Crippen LogP contribution in [0.2, 0.25) is 0 Å². The summed E-state index contributed by atoms with van der Waals surface area (Å²) >= 11 is 0. The fraction of sp³-hybridized carbons (Fsp3) is 0.474. The highest BCUT2D eigenvalue weighted by Crippen LogP contribution is 2.43. The van der Waals surface area contributed by atoms with E-state index in [9.17, 15) is 27.5 Å². The Morgan fingerprint density at radius 1 is 1.05 bits per heavy atom. The van der Waals surface area contributed by atoms with Crippen molar-refractivity contribution in [3.63, 3.8) is 0 Å². The van der Waals surface area contributed by atoms with E-state index in [1.165, 1.54) is 24.3 Å². The molecule has 5 aliphatic heterocycles. The quantitative estimate of drug-likeness (QED) is 0.193. The number of carbonyl (C=O) groups is 2. The van der Waals surface area contributed by atoms with Crippen molar-refractivity contribution in [2.75, 3.05) is 37.7 Å². The number of hydrogen-bond acceptors (Lipinski definition) is 8. The predicted molar refractivity (Wildman–Crippen MR) is 188 cm³/mol. The minimum atomic E-state index is -5.08. The molecule has 0 spiro atoms. The van der Waals surface area contributed by atoms with E-state index in [0.29, 0.717) is 54.3 Å². The molecule has 0 aliphatic carbocycles. The zero-order valence-corrected chi connectivity index (χ0v) is 29.7. The number of rotatable bonds is 3. The van der Waals surface area contributed by atoms with Gasteiger partial charge in [-0.15, -0.1) is 0 Å². The molecule has 10 nitrogen and oxygen atoms in total. The molecule has 55 heavy (non-hydrogen) atoms. The first-order valence-corrected chi connectivity index (χ1v) is 17.9. The zero-order chi connectivity index (χ0) is 39.4. The monoisotopic (exact) mass is 777 g/mol. The van der Waals surface area contributed by atoms with E-state index in [4.69, 9.17) is 19.6 Å². The molecule has 294 valence electrons. The number of benzene rings is 3. The van der Waals surface area contributed by atoms with Crippen molar-refractivity contribution in [1.82, 2.24) is 20.2 Å². The van der Waals surface area contributed by atoms with Crippen LogP contribution in [0.25, 0.3) is 32.8 Å². The van der Waals surface area contributed by atoms with Gasteiger partial charge in [0, 0.05) is 37.0 Å². The number of piperidine rings is 1. The first-order chi connectivity index (χ1) is 26.0. The summed E-state index contributed by atoms with van der Waals surface area (Å²) in [4.78, 5) is 35.5. The molecule has 0 radical (unpaired) electrons. The van der Waals surface area contributed by atoms with E-state index in [-0.39, 0.29) is 60.0 Å². The Hall–Kier alpha value is -4.93. The number of hydrogen-bond donors (Lipinski definition) is 3.